The van der Waals surface area contributed by atoms with Crippen LogP contribution in [-0.4, -0.2) is 22.1 Å². The topological polar surface area (TPSA) is 76.0 Å². The lowest BCUT2D eigenvalue weighted by molar-refractivity contribution is 0.251. The Labute approximate surface area is 133 Å². The number of rotatable bonds is 5. The van der Waals surface area contributed by atoms with E-state index in [1.807, 2.05) is 6.92 Å². The molecule has 2 aromatic rings. The molecule has 116 valence electrons. The summed E-state index contributed by atoms with van der Waals surface area (Å²) in [5, 5.41) is 5.78. The Bertz CT molecular complexity index is 715. The predicted molar refractivity (Wildman–Crippen MR) is 86.3 cm³/mol. The highest BCUT2D eigenvalue weighted by Gasteiger charge is 2.04. The Morgan fingerprint density at radius 3 is 2.82 bits per heavy atom. The first-order valence-corrected chi connectivity index (χ1v) is 7.32. The molecule has 2 rings (SSSR count). The molecule has 0 saturated heterocycles. The number of aromatic nitrogens is 2. The standard InChI is InChI=1S/C15H17ClN4O2/c1-2-11-9-14(21)20(10-18-11)8-7-17-15(22)19-13-6-4-3-5-12(13)16/h3-6,9-10H,2,7-8H2,1H3,(H2,17,19,22). The van der Waals surface area contributed by atoms with E-state index in [2.05, 4.69) is 15.6 Å². The number of benzene rings is 1. The predicted octanol–water partition coefficient (Wildman–Crippen LogP) is 2.28. The molecule has 0 aliphatic heterocycles. The van der Waals surface area contributed by atoms with E-state index < -0.39 is 0 Å². The summed E-state index contributed by atoms with van der Waals surface area (Å²) in [6.45, 7) is 2.60. The molecule has 6 nitrogen and oxygen atoms in total. The largest absolute Gasteiger partial charge is 0.336 e. The molecular formula is C15H17ClN4O2. The minimum atomic E-state index is -0.376. The van der Waals surface area contributed by atoms with Crippen LogP contribution in [0.2, 0.25) is 5.02 Å². The molecule has 7 heteroatoms. The summed E-state index contributed by atoms with van der Waals surface area (Å²) >= 11 is 5.95. The second kappa shape index (κ2) is 7.61. The van der Waals surface area contributed by atoms with Crippen molar-refractivity contribution in [1.82, 2.24) is 14.9 Å². The smallest absolute Gasteiger partial charge is 0.319 e. The Hall–Kier alpha value is -2.34. The second-order valence-corrected chi connectivity index (χ2v) is 5.03. The number of amides is 2. The summed E-state index contributed by atoms with van der Waals surface area (Å²) in [4.78, 5) is 27.7. The van der Waals surface area contributed by atoms with E-state index in [1.165, 1.54) is 17.0 Å². The van der Waals surface area contributed by atoms with Crippen molar-refractivity contribution in [2.24, 2.45) is 0 Å². The lowest BCUT2D eigenvalue weighted by Gasteiger charge is -2.10. The summed E-state index contributed by atoms with van der Waals surface area (Å²) in [7, 11) is 0. The first kappa shape index (κ1) is 16.0. The van der Waals surface area contributed by atoms with Gasteiger partial charge in [0, 0.05) is 24.8 Å². The molecule has 0 spiro atoms. The van der Waals surface area contributed by atoms with Crippen molar-refractivity contribution < 1.29 is 4.79 Å². The van der Waals surface area contributed by atoms with Crippen LogP contribution >= 0.6 is 11.6 Å². The fraction of sp³-hybridized carbons (Fsp3) is 0.267. The second-order valence-electron chi connectivity index (χ2n) is 4.63. The zero-order valence-corrected chi connectivity index (χ0v) is 12.9. The van der Waals surface area contributed by atoms with Crippen LogP contribution in [0.4, 0.5) is 10.5 Å². The van der Waals surface area contributed by atoms with Crippen molar-refractivity contribution in [3.8, 4) is 0 Å². The van der Waals surface area contributed by atoms with Crippen LogP contribution in [0.1, 0.15) is 12.6 Å². The van der Waals surface area contributed by atoms with Gasteiger partial charge in [-0.2, -0.15) is 0 Å². The number of hydrogen-bond donors (Lipinski definition) is 2. The molecule has 0 saturated carbocycles. The molecule has 0 atom stereocenters. The minimum absolute atomic E-state index is 0.125. The van der Waals surface area contributed by atoms with E-state index in [9.17, 15) is 9.59 Å². The van der Waals surface area contributed by atoms with Crippen LogP contribution in [0.5, 0.6) is 0 Å². The van der Waals surface area contributed by atoms with Crippen molar-refractivity contribution in [1.29, 1.82) is 0 Å². The van der Waals surface area contributed by atoms with Crippen molar-refractivity contribution >= 4 is 23.3 Å². The summed E-state index contributed by atoms with van der Waals surface area (Å²) in [5.74, 6) is 0. The Kier molecular flexibility index (Phi) is 5.55. The highest BCUT2D eigenvalue weighted by Crippen LogP contribution is 2.19. The molecule has 2 amide bonds. The van der Waals surface area contributed by atoms with Crippen LogP contribution in [0.3, 0.4) is 0 Å². The van der Waals surface area contributed by atoms with Crippen molar-refractivity contribution in [2.75, 3.05) is 11.9 Å². The van der Waals surface area contributed by atoms with Crippen molar-refractivity contribution in [3.63, 3.8) is 0 Å². The molecule has 2 N–H and O–H groups in total. The molecule has 0 unspecified atom stereocenters. The third-order valence-electron chi connectivity index (χ3n) is 3.06. The van der Waals surface area contributed by atoms with Crippen molar-refractivity contribution in [2.45, 2.75) is 19.9 Å². The van der Waals surface area contributed by atoms with Gasteiger partial charge in [0.05, 0.1) is 17.0 Å². The maximum atomic E-state index is 11.8. The van der Waals surface area contributed by atoms with Gasteiger partial charge in [0.1, 0.15) is 0 Å². The van der Waals surface area contributed by atoms with E-state index in [4.69, 9.17) is 11.6 Å². The van der Waals surface area contributed by atoms with E-state index in [-0.39, 0.29) is 11.6 Å². The number of halogens is 1. The number of anilines is 1. The third kappa shape index (κ3) is 4.33. The van der Waals surface area contributed by atoms with Gasteiger partial charge in [0.2, 0.25) is 0 Å². The summed E-state index contributed by atoms with van der Waals surface area (Å²) in [5.41, 5.74) is 1.17. The maximum Gasteiger partial charge on any atom is 0.319 e. The molecule has 1 aromatic carbocycles. The van der Waals surface area contributed by atoms with Crippen LogP contribution in [0, 0.1) is 0 Å². The van der Waals surface area contributed by atoms with Gasteiger partial charge < -0.3 is 10.6 Å². The number of carbonyl (C=O) groups excluding carboxylic acids is 1. The molecule has 0 radical (unpaired) electrons. The van der Waals surface area contributed by atoms with Gasteiger partial charge in [-0.05, 0) is 18.6 Å². The average Bonchev–Trinajstić information content (AvgIpc) is 2.51. The van der Waals surface area contributed by atoms with E-state index in [0.29, 0.717) is 30.2 Å². The molecule has 1 heterocycles. The molecule has 0 aliphatic carbocycles. The highest BCUT2D eigenvalue weighted by atomic mass is 35.5. The molecular weight excluding hydrogens is 304 g/mol. The molecule has 0 bridgehead atoms. The number of nitrogens with zero attached hydrogens (tertiary/aromatic N) is 2. The normalized spacial score (nSPS) is 10.3. The van der Waals surface area contributed by atoms with Crippen LogP contribution in [-0.2, 0) is 13.0 Å². The van der Waals surface area contributed by atoms with Gasteiger partial charge in [0.15, 0.2) is 0 Å². The Balaban J connectivity index is 1.85. The molecule has 0 fully saturated rings. The summed E-state index contributed by atoms with van der Waals surface area (Å²) < 4.78 is 1.45. The van der Waals surface area contributed by atoms with Gasteiger partial charge in [-0.15, -0.1) is 0 Å². The summed E-state index contributed by atoms with van der Waals surface area (Å²) in [6.07, 6.45) is 2.21. The number of urea groups is 1. The van der Waals surface area contributed by atoms with Gasteiger partial charge in [-0.25, -0.2) is 9.78 Å². The van der Waals surface area contributed by atoms with Crippen LogP contribution in [0.25, 0.3) is 0 Å². The third-order valence-corrected chi connectivity index (χ3v) is 3.39. The Morgan fingerprint density at radius 2 is 2.14 bits per heavy atom. The number of nitrogens with one attached hydrogen (secondary N) is 2. The van der Waals surface area contributed by atoms with Gasteiger partial charge in [0.25, 0.3) is 5.56 Å². The first-order chi connectivity index (χ1) is 10.6. The van der Waals surface area contributed by atoms with Gasteiger partial charge in [-0.3, -0.25) is 9.36 Å². The Morgan fingerprint density at radius 1 is 1.36 bits per heavy atom. The zero-order chi connectivity index (χ0) is 15.9. The van der Waals surface area contributed by atoms with E-state index in [1.54, 1.807) is 24.3 Å². The van der Waals surface area contributed by atoms with Crippen molar-refractivity contribution in [3.05, 3.63) is 57.7 Å². The average molecular weight is 321 g/mol. The molecule has 22 heavy (non-hydrogen) atoms. The monoisotopic (exact) mass is 320 g/mol. The summed E-state index contributed by atoms with van der Waals surface area (Å²) in [6, 6.07) is 8.09. The van der Waals surface area contributed by atoms with E-state index >= 15 is 0 Å². The number of carbonyl (C=O) groups is 1. The van der Waals surface area contributed by atoms with Crippen LogP contribution in [0.15, 0.2) is 41.5 Å². The highest BCUT2D eigenvalue weighted by molar-refractivity contribution is 6.33. The number of aryl methyl sites for hydroxylation is 1. The number of hydrogen-bond acceptors (Lipinski definition) is 3. The fourth-order valence-electron chi connectivity index (χ4n) is 1.84. The zero-order valence-electron chi connectivity index (χ0n) is 12.2. The number of para-hydroxylation sites is 1. The molecule has 1 aromatic heterocycles. The quantitative estimate of drug-likeness (QED) is 0.887. The van der Waals surface area contributed by atoms with E-state index in [0.717, 1.165) is 5.69 Å². The minimum Gasteiger partial charge on any atom is -0.336 e. The molecule has 0 aliphatic rings. The fourth-order valence-corrected chi connectivity index (χ4v) is 2.03. The first-order valence-electron chi connectivity index (χ1n) is 6.95. The van der Waals surface area contributed by atoms with Gasteiger partial charge in [-0.1, -0.05) is 30.7 Å². The lowest BCUT2D eigenvalue weighted by Crippen LogP contribution is -2.33. The van der Waals surface area contributed by atoms with Gasteiger partial charge >= 0.3 is 6.03 Å². The lowest BCUT2D eigenvalue weighted by atomic mass is 10.3. The maximum absolute atomic E-state index is 11.8. The SMILES string of the molecule is CCc1cc(=O)n(CCNC(=O)Nc2ccccc2Cl)cn1. The van der Waals surface area contributed by atoms with Crippen LogP contribution < -0.4 is 16.2 Å².